The summed E-state index contributed by atoms with van der Waals surface area (Å²) in [4.78, 5) is 12.0. The summed E-state index contributed by atoms with van der Waals surface area (Å²) in [7, 11) is 0. The Kier molecular flexibility index (Phi) is 5.69. The molecule has 4 nitrogen and oxygen atoms in total. The first-order chi connectivity index (χ1) is 12.6. The standard InChI is InChI=1S/C21H22FN3O/c1-16-4-6-17(7-5-16)13-23-21(26)24-14-20-3-2-12-25(20)15-18-8-10-19(22)11-9-18/h2-12H,13-15H2,1H3,(H2,23,24,26). The molecule has 1 heterocycles. The molecule has 5 heteroatoms. The van der Waals surface area contributed by atoms with E-state index >= 15 is 0 Å². The number of hydrogen-bond acceptors (Lipinski definition) is 1. The van der Waals surface area contributed by atoms with E-state index in [1.165, 1.54) is 17.7 Å². The Labute approximate surface area is 152 Å². The SMILES string of the molecule is Cc1ccc(CNC(=O)NCc2cccn2Cc2ccc(F)cc2)cc1. The third-order valence-corrected chi connectivity index (χ3v) is 4.19. The Morgan fingerprint density at radius 1 is 0.923 bits per heavy atom. The highest BCUT2D eigenvalue weighted by Crippen LogP contribution is 2.09. The van der Waals surface area contributed by atoms with Gasteiger partial charge in [-0.1, -0.05) is 42.0 Å². The van der Waals surface area contributed by atoms with Crippen LogP contribution in [0.25, 0.3) is 0 Å². The lowest BCUT2D eigenvalue weighted by atomic mass is 10.1. The second-order valence-corrected chi connectivity index (χ2v) is 6.28. The second kappa shape index (κ2) is 8.34. The lowest BCUT2D eigenvalue weighted by molar-refractivity contribution is 0.240. The van der Waals surface area contributed by atoms with E-state index in [-0.39, 0.29) is 11.8 Å². The molecule has 2 aromatic carbocycles. The number of nitrogens with one attached hydrogen (secondary N) is 2. The van der Waals surface area contributed by atoms with Crippen molar-refractivity contribution in [2.24, 2.45) is 0 Å². The predicted molar refractivity (Wildman–Crippen MR) is 100 cm³/mol. The molecule has 0 unspecified atom stereocenters. The van der Waals surface area contributed by atoms with Gasteiger partial charge in [0.25, 0.3) is 0 Å². The number of hydrogen-bond donors (Lipinski definition) is 2. The first-order valence-electron chi connectivity index (χ1n) is 8.56. The van der Waals surface area contributed by atoms with Crippen molar-refractivity contribution in [3.8, 4) is 0 Å². The molecule has 2 N–H and O–H groups in total. The highest BCUT2D eigenvalue weighted by molar-refractivity contribution is 5.73. The van der Waals surface area contributed by atoms with E-state index in [1.54, 1.807) is 12.1 Å². The Bertz CT molecular complexity index is 854. The summed E-state index contributed by atoms with van der Waals surface area (Å²) < 4.78 is 15.0. The van der Waals surface area contributed by atoms with Crippen LogP contribution >= 0.6 is 0 Å². The largest absolute Gasteiger partial charge is 0.345 e. The minimum Gasteiger partial charge on any atom is -0.345 e. The number of aryl methyl sites for hydroxylation is 1. The Balaban J connectivity index is 1.50. The lowest BCUT2D eigenvalue weighted by Gasteiger charge is -2.11. The van der Waals surface area contributed by atoms with Gasteiger partial charge >= 0.3 is 6.03 Å². The van der Waals surface area contributed by atoms with Crippen LogP contribution in [-0.4, -0.2) is 10.6 Å². The third-order valence-electron chi connectivity index (χ3n) is 4.19. The van der Waals surface area contributed by atoms with Crippen LogP contribution in [-0.2, 0) is 19.6 Å². The first kappa shape index (κ1) is 17.7. The number of urea groups is 1. The van der Waals surface area contributed by atoms with Crippen LogP contribution in [0.15, 0.2) is 66.9 Å². The van der Waals surface area contributed by atoms with Gasteiger partial charge in [0.2, 0.25) is 0 Å². The summed E-state index contributed by atoms with van der Waals surface area (Å²) in [6.07, 6.45) is 1.95. The van der Waals surface area contributed by atoms with Gasteiger partial charge in [0.15, 0.2) is 0 Å². The zero-order valence-electron chi connectivity index (χ0n) is 14.7. The number of carbonyl (C=O) groups is 1. The Morgan fingerprint density at radius 3 is 2.31 bits per heavy atom. The van der Waals surface area contributed by atoms with Crippen molar-refractivity contribution in [2.45, 2.75) is 26.6 Å². The van der Waals surface area contributed by atoms with Crippen LogP contribution in [0.5, 0.6) is 0 Å². The topological polar surface area (TPSA) is 46.1 Å². The van der Waals surface area contributed by atoms with Gasteiger partial charge in [-0.05, 0) is 42.3 Å². The molecule has 0 fully saturated rings. The molecule has 3 rings (SSSR count). The number of carbonyl (C=O) groups excluding carboxylic acids is 1. The molecule has 0 spiro atoms. The van der Waals surface area contributed by atoms with Gasteiger partial charge in [0, 0.05) is 25.0 Å². The minimum atomic E-state index is -0.242. The van der Waals surface area contributed by atoms with Gasteiger partial charge in [-0.25, -0.2) is 9.18 Å². The van der Waals surface area contributed by atoms with Gasteiger partial charge < -0.3 is 15.2 Å². The molecule has 134 valence electrons. The fourth-order valence-electron chi connectivity index (χ4n) is 2.67. The summed E-state index contributed by atoms with van der Waals surface area (Å²) in [5, 5.41) is 5.73. The van der Waals surface area contributed by atoms with Crippen LogP contribution in [0.4, 0.5) is 9.18 Å². The molecule has 0 atom stereocenters. The second-order valence-electron chi connectivity index (χ2n) is 6.28. The molecular weight excluding hydrogens is 329 g/mol. The molecular formula is C21H22FN3O. The van der Waals surface area contributed by atoms with Crippen LogP contribution in [0.3, 0.4) is 0 Å². The quantitative estimate of drug-likeness (QED) is 0.693. The van der Waals surface area contributed by atoms with Gasteiger partial charge in [-0.3, -0.25) is 0 Å². The molecule has 26 heavy (non-hydrogen) atoms. The number of amides is 2. The molecule has 2 amide bonds. The maximum atomic E-state index is 13.0. The van der Waals surface area contributed by atoms with Crippen molar-refractivity contribution in [1.82, 2.24) is 15.2 Å². The summed E-state index contributed by atoms with van der Waals surface area (Å²) >= 11 is 0. The molecule has 0 aliphatic rings. The van der Waals surface area contributed by atoms with Crippen LogP contribution in [0.2, 0.25) is 0 Å². The third kappa shape index (κ3) is 4.96. The Morgan fingerprint density at radius 2 is 1.58 bits per heavy atom. The van der Waals surface area contributed by atoms with E-state index in [0.717, 1.165) is 16.8 Å². The fourth-order valence-corrected chi connectivity index (χ4v) is 2.67. The van der Waals surface area contributed by atoms with E-state index in [9.17, 15) is 9.18 Å². The monoisotopic (exact) mass is 351 g/mol. The zero-order valence-corrected chi connectivity index (χ0v) is 14.7. The van der Waals surface area contributed by atoms with Crippen LogP contribution < -0.4 is 10.6 Å². The van der Waals surface area contributed by atoms with Gasteiger partial charge in [-0.15, -0.1) is 0 Å². The average molecular weight is 351 g/mol. The van der Waals surface area contributed by atoms with E-state index < -0.39 is 0 Å². The van der Waals surface area contributed by atoms with Crippen molar-refractivity contribution < 1.29 is 9.18 Å². The maximum absolute atomic E-state index is 13.0. The van der Waals surface area contributed by atoms with E-state index in [0.29, 0.717) is 19.6 Å². The highest BCUT2D eigenvalue weighted by atomic mass is 19.1. The molecule has 0 saturated heterocycles. The number of benzene rings is 2. The van der Waals surface area contributed by atoms with E-state index in [2.05, 4.69) is 10.6 Å². The lowest BCUT2D eigenvalue weighted by Crippen LogP contribution is -2.35. The number of nitrogens with zero attached hydrogens (tertiary/aromatic N) is 1. The van der Waals surface area contributed by atoms with Crippen molar-refractivity contribution >= 4 is 6.03 Å². The number of halogens is 1. The smallest absolute Gasteiger partial charge is 0.315 e. The van der Waals surface area contributed by atoms with E-state index in [1.807, 2.05) is 54.1 Å². The molecule has 0 aliphatic heterocycles. The maximum Gasteiger partial charge on any atom is 0.315 e. The number of rotatable bonds is 6. The predicted octanol–water partition coefficient (Wildman–Crippen LogP) is 3.98. The molecule has 0 radical (unpaired) electrons. The fraction of sp³-hybridized carbons (Fsp3) is 0.190. The van der Waals surface area contributed by atoms with Gasteiger partial charge in [0.05, 0.1) is 6.54 Å². The summed E-state index contributed by atoms with van der Waals surface area (Å²) in [6, 6.07) is 18.2. The summed E-state index contributed by atoms with van der Waals surface area (Å²) in [6.45, 7) is 3.58. The van der Waals surface area contributed by atoms with Crippen molar-refractivity contribution in [1.29, 1.82) is 0 Å². The highest BCUT2D eigenvalue weighted by Gasteiger charge is 2.05. The molecule has 1 aromatic heterocycles. The van der Waals surface area contributed by atoms with Gasteiger partial charge in [0.1, 0.15) is 5.82 Å². The van der Waals surface area contributed by atoms with Crippen molar-refractivity contribution in [3.63, 3.8) is 0 Å². The van der Waals surface area contributed by atoms with Crippen molar-refractivity contribution in [3.05, 3.63) is 95.1 Å². The molecule has 0 aliphatic carbocycles. The van der Waals surface area contributed by atoms with Crippen molar-refractivity contribution in [2.75, 3.05) is 0 Å². The van der Waals surface area contributed by atoms with E-state index in [4.69, 9.17) is 0 Å². The van der Waals surface area contributed by atoms with Crippen LogP contribution in [0, 0.1) is 12.7 Å². The molecule has 0 saturated carbocycles. The van der Waals surface area contributed by atoms with Crippen LogP contribution in [0.1, 0.15) is 22.4 Å². The Hall–Kier alpha value is -3.08. The first-order valence-corrected chi connectivity index (χ1v) is 8.56. The molecule has 0 bridgehead atoms. The summed E-state index contributed by atoms with van der Waals surface area (Å²) in [5.41, 5.74) is 4.25. The normalized spacial score (nSPS) is 10.5. The summed E-state index contributed by atoms with van der Waals surface area (Å²) in [5.74, 6) is -0.242. The minimum absolute atomic E-state index is 0.208. The average Bonchev–Trinajstić information content (AvgIpc) is 3.08. The number of aromatic nitrogens is 1. The molecule has 3 aromatic rings. The zero-order chi connectivity index (χ0) is 18.4. The van der Waals surface area contributed by atoms with Gasteiger partial charge in [-0.2, -0.15) is 0 Å².